The number of rotatable bonds is 8. The molecule has 0 aromatic heterocycles. The molecule has 0 unspecified atom stereocenters. The normalized spacial score (nSPS) is 13.4. The molecule has 0 saturated carbocycles. The highest BCUT2D eigenvalue weighted by Gasteiger charge is 2.20. The van der Waals surface area contributed by atoms with Crippen LogP contribution in [0.4, 0.5) is 0 Å². The lowest BCUT2D eigenvalue weighted by atomic mass is 9.90. The Labute approximate surface area is 99.4 Å². The number of hydrogen-bond acceptors (Lipinski definition) is 3. The second-order valence-corrected chi connectivity index (χ2v) is 6.85. The van der Waals surface area contributed by atoms with Gasteiger partial charge in [-0.1, -0.05) is 27.7 Å². The van der Waals surface area contributed by atoms with E-state index in [2.05, 4.69) is 9.44 Å². The van der Waals surface area contributed by atoms with Crippen molar-refractivity contribution < 1.29 is 8.42 Å². The summed E-state index contributed by atoms with van der Waals surface area (Å²) in [6, 6.07) is 0. The maximum absolute atomic E-state index is 11.5. The molecule has 0 fully saturated rings. The van der Waals surface area contributed by atoms with E-state index in [4.69, 9.17) is 5.73 Å². The first-order chi connectivity index (χ1) is 7.18. The Hall–Kier alpha value is -0.170. The summed E-state index contributed by atoms with van der Waals surface area (Å²) in [5.41, 5.74) is 5.35. The fourth-order valence-electron chi connectivity index (χ4n) is 1.10. The quantitative estimate of drug-likeness (QED) is 0.585. The predicted octanol–water partition coefficient (Wildman–Crippen LogP) is 0.441. The van der Waals surface area contributed by atoms with Gasteiger partial charge in [-0.25, -0.2) is 9.44 Å². The Morgan fingerprint density at radius 1 is 1.25 bits per heavy atom. The van der Waals surface area contributed by atoms with Gasteiger partial charge < -0.3 is 5.73 Å². The van der Waals surface area contributed by atoms with Crippen molar-refractivity contribution in [3.63, 3.8) is 0 Å². The standard InChI is InChI=1S/C10H25N3O2S/c1-9(2)7-12-16(14,15)13-8-10(3,4)5-6-11/h9,12-13H,5-8,11H2,1-4H3. The first-order valence-electron chi connectivity index (χ1n) is 5.63. The molecule has 0 aromatic carbocycles. The molecule has 0 aliphatic carbocycles. The van der Waals surface area contributed by atoms with Gasteiger partial charge in [-0.15, -0.1) is 0 Å². The largest absolute Gasteiger partial charge is 0.330 e. The summed E-state index contributed by atoms with van der Waals surface area (Å²) < 4.78 is 28.1. The summed E-state index contributed by atoms with van der Waals surface area (Å²) in [4.78, 5) is 0. The van der Waals surface area contributed by atoms with Crippen LogP contribution in [0.25, 0.3) is 0 Å². The van der Waals surface area contributed by atoms with Crippen LogP contribution in [0, 0.1) is 11.3 Å². The zero-order valence-electron chi connectivity index (χ0n) is 10.7. The van der Waals surface area contributed by atoms with E-state index < -0.39 is 10.2 Å². The molecule has 4 N–H and O–H groups in total. The number of nitrogens with two attached hydrogens (primary N) is 1. The summed E-state index contributed by atoms with van der Waals surface area (Å²) >= 11 is 0. The summed E-state index contributed by atoms with van der Waals surface area (Å²) in [6.07, 6.45) is 0.791. The third-order valence-corrected chi connectivity index (χ3v) is 3.31. The van der Waals surface area contributed by atoms with Gasteiger partial charge in [0.1, 0.15) is 0 Å². The minimum atomic E-state index is -3.37. The summed E-state index contributed by atoms with van der Waals surface area (Å²) in [7, 11) is -3.37. The van der Waals surface area contributed by atoms with Gasteiger partial charge in [0.2, 0.25) is 0 Å². The van der Waals surface area contributed by atoms with Gasteiger partial charge in [0.15, 0.2) is 0 Å². The molecule has 0 saturated heterocycles. The highest BCUT2D eigenvalue weighted by Crippen LogP contribution is 2.17. The average molecular weight is 251 g/mol. The lowest BCUT2D eigenvalue weighted by Crippen LogP contribution is -2.42. The first-order valence-corrected chi connectivity index (χ1v) is 7.11. The molecule has 0 spiro atoms. The molecule has 0 aliphatic rings. The van der Waals surface area contributed by atoms with Gasteiger partial charge in [-0.05, 0) is 24.3 Å². The van der Waals surface area contributed by atoms with Crippen LogP contribution >= 0.6 is 0 Å². The third-order valence-electron chi connectivity index (χ3n) is 2.24. The predicted molar refractivity (Wildman–Crippen MR) is 67.2 cm³/mol. The second kappa shape index (κ2) is 6.54. The van der Waals surface area contributed by atoms with Crippen LogP contribution in [0.3, 0.4) is 0 Å². The van der Waals surface area contributed by atoms with Gasteiger partial charge in [0.05, 0.1) is 0 Å². The van der Waals surface area contributed by atoms with E-state index in [1.807, 2.05) is 27.7 Å². The van der Waals surface area contributed by atoms with Crippen molar-refractivity contribution in [2.75, 3.05) is 19.6 Å². The van der Waals surface area contributed by atoms with E-state index in [-0.39, 0.29) is 5.41 Å². The van der Waals surface area contributed by atoms with E-state index in [0.717, 1.165) is 6.42 Å². The fraction of sp³-hybridized carbons (Fsp3) is 1.00. The highest BCUT2D eigenvalue weighted by molar-refractivity contribution is 7.87. The molecule has 0 atom stereocenters. The molecule has 0 amide bonds. The first kappa shape index (κ1) is 15.8. The molecule has 0 bridgehead atoms. The molecular weight excluding hydrogens is 226 g/mol. The summed E-state index contributed by atoms with van der Waals surface area (Å²) in [6.45, 7) is 9.32. The average Bonchev–Trinajstić information content (AvgIpc) is 2.13. The molecule has 0 rings (SSSR count). The van der Waals surface area contributed by atoms with Crippen LogP contribution in [-0.2, 0) is 10.2 Å². The van der Waals surface area contributed by atoms with Gasteiger partial charge >= 0.3 is 0 Å². The van der Waals surface area contributed by atoms with Crippen LogP contribution in [-0.4, -0.2) is 28.1 Å². The molecular formula is C10H25N3O2S. The van der Waals surface area contributed by atoms with Crippen molar-refractivity contribution in [1.82, 2.24) is 9.44 Å². The third kappa shape index (κ3) is 8.04. The summed E-state index contributed by atoms with van der Waals surface area (Å²) in [5.74, 6) is 0.300. The zero-order chi connectivity index (χ0) is 12.8. The number of hydrogen-bond donors (Lipinski definition) is 3. The van der Waals surface area contributed by atoms with Crippen LogP contribution in [0.2, 0.25) is 0 Å². The van der Waals surface area contributed by atoms with Crippen LogP contribution < -0.4 is 15.2 Å². The van der Waals surface area contributed by atoms with Crippen molar-refractivity contribution in [2.24, 2.45) is 17.1 Å². The Bertz CT molecular complexity index is 286. The maximum Gasteiger partial charge on any atom is 0.276 e. The van der Waals surface area contributed by atoms with E-state index in [1.165, 1.54) is 0 Å². The van der Waals surface area contributed by atoms with Gasteiger partial charge in [0, 0.05) is 13.1 Å². The van der Waals surface area contributed by atoms with Crippen LogP contribution in [0.1, 0.15) is 34.1 Å². The monoisotopic (exact) mass is 251 g/mol. The van der Waals surface area contributed by atoms with Crippen molar-refractivity contribution in [3.05, 3.63) is 0 Å². The highest BCUT2D eigenvalue weighted by atomic mass is 32.2. The minimum Gasteiger partial charge on any atom is -0.330 e. The summed E-state index contributed by atoms with van der Waals surface area (Å²) in [5, 5.41) is 0. The molecule has 0 aliphatic heterocycles. The van der Waals surface area contributed by atoms with E-state index in [0.29, 0.717) is 25.6 Å². The lowest BCUT2D eigenvalue weighted by Gasteiger charge is -2.24. The topological polar surface area (TPSA) is 84.2 Å². The van der Waals surface area contributed by atoms with Crippen molar-refractivity contribution in [1.29, 1.82) is 0 Å². The van der Waals surface area contributed by atoms with Gasteiger partial charge in [-0.2, -0.15) is 8.42 Å². The molecule has 6 heteroatoms. The Balaban J connectivity index is 4.08. The van der Waals surface area contributed by atoms with Crippen LogP contribution in [0.5, 0.6) is 0 Å². The van der Waals surface area contributed by atoms with Crippen molar-refractivity contribution in [3.8, 4) is 0 Å². The maximum atomic E-state index is 11.5. The van der Waals surface area contributed by atoms with Crippen LogP contribution in [0.15, 0.2) is 0 Å². The molecule has 0 radical (unpaired) electrons. The fourth-order valence-corrected chi connectivity index (χ4v) is 2.33. The molecule has 0 aromatic rings. The Morgan fingerprint density at radius 2 is 1.81 bits per heavy atom. The Morgan fingerprint density at radius 3 is 2.25 bits per heavy atom. The number of nitrogens with one attached hydrogen (secondary N) is 2. The van der Waals surface area contributed by atoms with E-state index in [9.17, 15) is 8.42 Å². The molecule has 5 nitrogen and oxygen atoms in total. The molecule has 98 valence electrons. The van der Waals surface area contributed by atoms with Gasteiger partial charge in [0.25, 0.3) is 10.2 Å². The lowest BCUT2D eigenvalue weighted by molar-refractivity contribution is 0.339. The smallest absolute Gasteiger partial charge is 0.276 e. The minimum absolute atomic E-state index is 0.110. The molecule has 0 heterocycles. The second-order valence-electron chi connectivity index (χ2n) is 5.27. The van der Waals surface area contributed by atoms with Crippen molar-refractivity contribution >= 4 is 10.2 Å². The van der Waals surface area contributed by atoms with Crippen molar-refractivity contribution in [2.45, 2.75) is 34.1 Å². The zero-order valence-corrected chi connectivity index (χ0v) is 11.5. The SMILES string of the molecule is CC(C)CNS(=O)(=O)NCC(C)(C)CCN. The Kier molecular flexibility index (Phi) is 6.47. The van der Waals surface area contributed by atoms with E-state index in [1.54, 1.807) is 0 Å². The van der Waals surface area contributed by atoms with Gasteiger partial charge in [-0.3, -0.25) is 0 Å². The molecule has 16 heavy (non-hydrogen) atoms. The van der Waals surface area contributed by atoms with E-state index >= 15 is 0 Å².